The zero-order valence-corrected chi connectivity index (χ0v) is 29.6. The minimum atomic E-state index is 0.270. The van der Waals surface area contributed by atoms with E-state index in [-0.39, 0.29) is 5.54 Å². The molecule has 4 nitrogen and oxygen atoms in total. The SMILES string of the molecule is CCCCN(CCCC)C1CCCCC1C(CCC)(NCCCCCCN)C1CCCCC1N(CCCC)CCCC. The van der Waals surface area contributed by atoms with E-state index in [1.54, 1.807) is 0 Å². The molecule has 2 aliphatic rings. The molecule has 0 aliphatic heterocycles. The van der Waals surface area contributed by atoms with Gasteiger partial charge >= 0.3 is 0 Å². The summed E-state index contributed by atoms with van der Waals surface area (Å²) < 4.78 is 0. The lowest BCUT2D eigenvalue weighted by atomic mass is 9.59. The van der Waals surface area contributed by atoms with Crippen LogP contribution in [0.15, 0.2) is 0 Å². The van der Waals surface area contributed by atoms with Gasteiger partial charge in [0.1, 0.15) is 0 Å². The first-order valence-electron chi connectivity index (χ1n) is 19.6. The van der Waals surface area contributed by atoms with Crippen molar-refractivity contribution in [3.8, 4) is 0 Å². The molecule has 0 heterocycles. The van der Waals surface area contributed by atoms with E-state index in [4.69, 9.17) is 5.73 Å². The van der Waals surface area contributed by atoms with Gasteiger partial charge in [0.05, 0.1) is 0 Å². The van der Waals surface area contributed by atoms with Crippen molar-refractivity contribution >= 4 is 0 Å². The molecule has 2 rings (SSSR count). The van der Waals surface area contributed by atoms with Gasteiger partial charge in [0.25, 0.3) is 0 Å². The highest BCUT2D eigenvalue weighted by Gasteiger charge is 2.52. The van der Waals surface area contributed by atoms with Gasteiger partial charge in [0.15, 0.2) is 0 Å². The minimum absolute atomic E-state index is 0.270. The van der Waals surface area contributed by atoms with Crippen LogP contribution in [0.5, 0.6) is 0 Å². The van der Waals surface area contributed by atoms with E-state index in [9.17, 15) is 0 Å². The number of nitrogens with one attached hydrogen (secondary N) is 1. The number of hydrogen-bond donors (Lipinski definition) is 2. The number of rotatable bonds is 25. The molecule has 250 valence electrons. The Morgan fingerprint density at radius 1 is 0.548 bits per heavy atom. The van der Waals surface area contributed by atoms with Crippen LogP contribution < -0.4 is 11.1 Å². The molecule has 3 N–H and O–H groups in total. The second kappa shape index (κ2) is 23.2. The van der Waals surface area contributed by atoms with Gasteiger partial charge in [-0.15, -0.1) is 0 Å². The standard InChI is InChI=1S/C38H78N4/c1-6-11-30-41(31-12-7-2)36-25-19-17-23-34(36)38(27-10-5,40-29-22-16-15-21-28-39)35-24-18-20-26-37(35)42(32-13-8-3)33-14-9-4/h34-37,40H,6-33,39H2,1-5H3. The Bertz CT molecular complexity index is 568. The molecule has 0 aromatic rings. The molecule has 0 saturated heterocycles. The fourth-order valence-electron chi connectivity index (χ4n) is 8.98. The molecule has 4 heteroatoms. The van der Waals surface area contributed by atoms with Crippen molar-refractivity contribution in [1.82, 2.24) is 15.1 Å². The van der Waals surface area contributed by atoms with Crippen molar-refractivity contribution in [3.63, 3.8) is 0 Å². The summed E-state index contributed by atoms with van der Waals surface area (Å²) in [6.45, 7) is 19.3. The third kappa shape index (κ3) is 12.0. The van der Waals surface area contributed by atoms with E-state index in [2.05, 4.69) is 49.7 Å². The molecule has 0 bridgehead atoms. The maximum Gasteiger partial charge on any atom is 0.0267 e. The topological polar surface area (TPSA) is 44.5 Å². The lowest BCUT2D eigenvalue weighted by Gasteiger charge is -2.58. The molecule has 42 heavy (non-hydrogen) atoms. The number of hydrogen-bond acceptors (Lipinski definition) is 4. The van der Waals surface area contributed by atoms with E-state index in [1.807, 2.05) is 0 Å². The average Bonchev–Trinajstić information content (AvgIpc) is 3.02. The predicted molar refractivity (Wildman–Crippen MR) is 187 cm³/mol. The monoisotopic (exact) mass is 591 g/mol. The zero-order valence-electron chi connectivity index (χ0n) is 29.6. The van der Waals surface area contributed by atoms with Gasteiger partial charge in [0.2, 0.25) is 0 Å². The van der Waals surface area contributed by atoms with Gasteiger partial charge in [-0.3, -0.25) is 0 Å². The Morgan fingerprint density at radius 3 is 1.38 bits per heavy atom. The van der Waals surface area contributed by atoms with Gasteiger partial charge in [-0.1, -0.05) is 105 Å². The van der Waals surface area contributed by atoms with E-state index in [0.717, 1.165) is 30.5 Å². The van der Waals surface area contributed by atoms with Crippen molar-refractivity contribution in [1.29, 1.82) is 0 Å². The molecule has 2 aliphatic carbocycles. The lowest BCUT2D eigenvalue weighted by Crippen LogP contribution is -2.67. The lowest BCUT2D eigenvalue weighted by molar-refractivity contribution is -0.0399. The maximum atomic E-state index is 5.85. The van der Waals surface area contributed by atoms with E-state index in [1.165, 1.54) is 174 Å². The van der Waals surface area contributed by atoms with Crippen molar-refractivity contribution in [2.75, 3.05) is 39.3 Å². The van der Waals surface area contributed by atoms with Gasteiger partial charge in [0, 0.05) is 17.6 Å². The van der Waals surface area contributed by atoms with Crippen LogP contribution in [0.1, 0.15) is 176 Å². The molecule has 0 aromatic carbocycles. The summed E-state index contributed by atoms with van der Waals surface area (Å²) in [7, 11) is 0. The molecule has 2 fully saturated rings. The summed E-state index contributed by atoms with van der Waals surface area (Å²) in [6, 6.07) is 1.52. The Labute approximate surface area is 265 Å². The molecular weight excluding hydrogens is 512 g/mol. The first-order valence-corrected chi connectivity index (χ1v) is 19.6. The molecule has 4 unspecified atom stereocenters. The minimum Gasteiger partial charge on any atom is -0.330 e. The largest absolute Gasteiger partial charge is 0.330 e. The summed E-state index contributed by atoms with van der Waals surface area (Å²) in [5.41, 5.74) is 6.12. The molecule has 0 spiro atoms. The number of unbranched alkanes of at least 4 members (excludes halogenated alkanes) is 7. The number of nitrogens with zero attached hydrogens (tertiary/aromatic N) is 2. The Balaban J connectivity index is 2.52. The molecule has 0 aromatic heterocycles. The summed E-state index contributed by atoms with van der Waals surface area (Å²) >= 11 is 0. The Hall–Kier alpha value is -0.160. The van der Waals surface area contributed by atoms with Gasteiger partial charge < -0.3 is 20.9 Å². The van der Waals surface area contributed by atoms with Crippen LogP contribution in [-0.4, -0.2) is 66.7 Å². The summed E-state index contributed by atoms with van der Waals surface area (Å²) in [5.74, 6) is 1.57. The molecule has 0 amide bonds. The van der Waals surface area contributed by atoms with E-state index >= 15 is 0 Å². The first-order chi connectivity index (χ1) is 20.6. The second-order valence-corrected chi connectivity index (χ2v) is 14.3. The van der Waals surface area contributed by atoms with Gasteiger partial charge in [-0.25, -0.2) is 0 Å². The highest BCUT2D eigenvalue weighted by atomic mass is 15.2. The van der Waals surface area contributed by atoms with Crippen LogP contribution >= 0.6 is 0 Å². The first kappa shape index (κ1) is 38.0. The van der Waals surface area contributed by atoms with E-state index < -0.39 is 0 Å². The third-order valence-corrected chi connectivity index (χ3v) is 11.2. The van der Waals surface area contributed by atoms with Crippen LogP contribution in [0, 0.1) is 11.8 Å². The van der Waals surface area contributed by atoms with Crippen molar-refractivity contribution in [2.45, 2.75) is 193 Å². The predicted octanol–water partition coefficient (Wildman–Crippen LogP) is 9.56. The number of nitrogens with two attached hydrogens (primary N) is 1. The zero-order chi connectivity index (χ0) is 30.5. The maximum absolute atomic E-state index is 5.85. The molecular formula is C38H78N4. The third-order valence-electron chi connectivity index (χ3n) is 11.2. The fourth-order valence-corrected chi connectivity index (χ4v) is 8.98. The van der Waals surface area contributed by atoms with Crippen LogP contribution in [-0.2, 0) is 0 Å². The molecule has 2 saturated carbocycles. The van der Waals surface area contributed by atoms with Gasteiger partial charge in [-0.2, -0.15) is 0 Å². The average molecular weight is 591 g/mol. The normalized spacial score (nSPS) is 24.9. The summed E-state index contributed by atoms with van der Waals surface area (Å²) in [5, 5.41) is 4.56. The fraction of sp³-hybridized carbons (Fsp3) is 1.00. The Morgan fingerprint density at radius 2 is 0.976 bits per heavy atom. The smallest absolute Gasteiger partial charge is 0.0267 e. The highest BCUT2D eigenvalue weighted by molar-refractivity contribution is 5.09. The van der Waals surface area contributed by atoms with Crippen LogP contribution in [0.4, 0.5) is 0 Å². The van der Waals surface area contributed by atoms with Crippen molar-refractivity contribution < 1.29 is 0 Å². The van der Waals surface area contributed by atoms with Gasteiger partial charge in [-0.05, 0) is 122 Å². The van der Waals surface area contributed by atoms with Crippen LogP contribution in [0.3, 0.4) is 0 Å². The van der Waals surface area contributed by atoms with Crippen LogP contribution in [0.2, 0.25) is 0 Å². The van der Waals surface area contributed by atoms with E-state index in [0.29, 0.717) is 0 Å². The quantitative estimate of drug-likeness (QED) is 0.104. The van der Waals surface area contributed by atoms with Crippen molar-refractivity contribution in [3.05, 3.63) is 0 Å². The molecule has 0 radical (unpaired) electrons. The summed E-state index contributed by atoms with van der Waals surface area (Å²) in [4.78, 5) is 6.04. The van der Waals surface area contributed by atoms with Crippen LogP contribution in [0.25, 0.3) is 0 Å². The Kier molecular flexibility index (Phi) is 21.0. The second-order valence-electron chi connectivity index (χ2n) is 14.3. The molecule has 4 atom stereocenters. The summed E-state index contributed by atoms with van der Waals surface area (Å²) in [6.07, 6.45) is 29.9. The highest BCUT2D eigenvalue weighted by Crippen LogP contribution is 2.48. The van der Waals surface area contributed by atoms with Crippen molar-refractivity contribution in [2.24, 2.45) is 17.6 Å².